The van der Waals surface area contributed by atoms with Crippen LogP contribution in [0.15, 0.2) is 90.6 Å². The zero-order valence-corrected chi connectivity index (χ0v) is 17.0. The molecule has 3 aromatic rings. The quantitative estimate of drug-likeness (QED) is 0.351. The highest BCUT2D eigenvalue weighted by Gasteiger charge is 2.16. The largest absolute Gasteiger partial charge is 0.426 e. The second kappa shape index (κ2) is 10.5. The van der Waals surface area contributed by atoms with Crippen molar-refractivity contribution in [2.24, 2.45) is 0 Å². The van der Waals surface area contributed by atoms with Crippen LogP contribution < -0.4 is 15.4 Å². The molecule has 3 aromatic carbocycles. The summed E-state index contributed by atoms with van der Waals surface area (Å²) in [5.41, 5.74) is 1.85. The van der Waals surface area contributed by atoms with Gasteiger partial charge in [0, 0.05) is 24.6 Å². The van der Waals surface area contributed by atoms with Crippen molar-refractivity contribution in [3.63, 3.8) is 0 Å². The van der Waals surface area contributed by atoms with E-state index in [1.54, 1.807) is 54.6 Å². The molecule has 31 heavy (non-hydrogen) atoms. The third-order valence-electron chi connectivity index (χ3n) is 4.30. The van der Waals surface area contributed by atoms with E-state index in [0.717, 1.165) is 5.56 Å². The minimum Gasteiger partial charge on any atom is -0.426 e. The summed E-state index contributed by atoms with van der Waals surface area (Å²) in [6, 6.07) is 24.8. The van der Waals surface area contributed by atoms with Gasteiger partial charge >= 0.3 is 5.97 Å². The molecule has 0 radical (unpaired) electrons. The van der Waals surface area contributed by atoms with E-state index >= 15 is 0 Å². The predicted molar refractivity (Wildman–Crippen MR) is 118 cm³/mol. The van der Waals surface area contributed by atoms with E-state index in [2.05, 4.69) is 10.6 Å². The average Bonchev–Trinajstić information content (AvgIpc) is 2.79. The van der Waals surface area contributed by atoms with Gasteiger partial charge in [-0.1, -0.05) is 66.7 Å². The molecule has 0 fully saturated rings. The normalized spacial score (nSPS) is 10.8. The van der Waals surface area contributed by atoms with Crippen LogP contribution in [0.2, 0.25) is 0 Å². The lowest BCUT2D eigenvalue weighted by Gasteiger charge is -2.12. The Balaban J connectivity index is 1.88. The van der Waals surface area contributed by atoms with Gasteiger partial charge in [-0.25, -0.2) is 0 Å². The van der Waals surface area contributed by atoms with Gasteiger partial charge in [0.25, 0.3) is 11.8 Å². The number of hydrogen-bond acceptors (Lipinski definition) is 4. The second-order valence-electron chi connectivity index (χ2n) is 6.68. The topological polar surface area (TPSA) is 84.5 Å². The molecule has 3 rings (SSSR count). The van der Waals surface area contributed by atoms with Gasteiger partial charge in [-0.3, -0.25) is 14.4 Å². The molecule has 0 bridgehead atoms. The highest BCUT2D eigenvalue weighted by molar-refractivity contribution is 6.05. The first-order chi connectivity index (χ1) is 15.0. The Morgan fingerprint density at radius 3 is 2.13 bits per heavy atom. The van der Waals surface area contributed by atoms with Crippen LogP contribution in [-0.4, -0.2) is 17.8 Å². The van der Waals surface area contributed by atoms with Crippen LogP contribution in [0.4, 0.5) is 0 Å². The zero-order valence-electron chi connectivity index (χ0n) is 17.0. The van der Waals surface area contributed by atoms with Crippen LogP contribution in [0, 0.1) is 0 Å². The van der Waals surface area contributed by atoms with Crippen LogP contribution in [0.3, 0.4) is 0 Å². The second-order valence-corrected chi connectivity index (χ2v) is 6.68. The van der Waals surface area contributed by atoms with E-state index < -0.39 is 17.8 Å². The molecule has 0 aromatic heterocycles. The van der Waals surface area contributed by atoms with Crippen molar-refractivity contribution >= 4 is 23.9 Å². The molecular formula is C25H22N2O4. The van der Waals surface area contributed by atoms with E-state index in [0.29, 0.717) is 17.7 Å². The maximum absolute atomic E-state index is 12.9. The number of nitrogens with one attached hydrogen (secondary N) is 2. The SMILES string of the molecule is CC(=O)Oc1ccccc1C=C(NC(=O)c1ccccc1)C(=O)NCc1ccccc1. The summed E-state index contributed by atoms with van der Waals surface area (Å²) in [5, 5.41) is 5.47. The Labute approximate surface area is 180 Å². The van der Waals surface area contributed by atoms with Crippen molar-refractivity contribution in [1.29, 1.82) is 0 Å². The Bertz CT molecular complexity index is 1090. The summed E-state index contributed by atoms with van der Waals surface area (Å²) >= 11 is 0. The van der Waals surface area contributed by atoms with Crippen LogP contribution in [-0.2, 0) is 16.1 Å². The van der Waals surface area contributed by atoms with E-state index in [1.807, 2.05) is 30.3 Å². The first-order valence-electron chi connectivity index (χ1n) is 9.70. The summed E-state index contributed by atoms with van der Waals surface area (Å²) < 4.78 is 5.22. The standard InChI is InChI=1S/C25H22N2O4/c1-18(28)31-23-15-9-8-14-21(23)16-22(27-24(29)20-12-6-3-7-13-20)25(30)26-17-19-10-4-2-5-11-19/h2-16H,17H2,1H3,(H,26,30)(H,27,29). The number of carbonyl (C=O) groups excluding carboxylic acids is 3. The molecule has 0 aliphatic heterocycles. The fraction of sp³-hybridized carbons (Fsp3) is 0.0800. The maximum Gasteiger partial charge on any atom is 0.308 e. The Morgan fingerprint density at radius 2 is 1.45 bits per heavy atom. The lowest BCUT2D eigenvalue weighted by atomic mass is 10.1. The highest BCUT2D eigenvalue weighted by Crippen LogP contribution is 2.21. The lowest BCUT2D eigenvalue weighted by molar-refractivity contribution is -0.131. The molecule has 6 nitrogen and oxygen atoms in total. The molecular weight excluding hydrogens is 392 g/mol. The molecule has 0 spiro atoms. The van der Waals surface area contributed by atoms with Gasteiger partial charge in [0.1, 0.15) is 11.4 Å². The minimum absolute atomic E-state index is 0.0318. The third-order valence-corrected chi connectivity index (χ3v) is 4.30. The van der Waals surface area contributed by atoms with Gasteiger partial charge in [0.2, 0.25) is 0 Å². The molecule has 0 heterocycles. The molecule has 0 saturated carbocycles. The number of ether oxygens (including phenoxy) is 1. The van der Waals surface area contributed by atoms with Crippen molar-refractivity contribution in [1.82, 2.24) is 10.6 Å². The number of amides is 2. The van der Waals surface area contributed by atoms with Crippen LogP contribution >= 0.6 is 0 Å². The summed E-state index contributed by atoms with van der Waals surface area (Å²) in [6.07, 6.45) is 1.49. The smallest absolute Gasteiger partial charge is 0.308 e. The van der Waals surface area contributed by atoms with Gasteiger partial charge in [-0.2, -0.15) is 0 Å². The monoisotopic (exact) mass is 414 g/mol. The average molecular weight is 414 g/mol. The summed E-state index contributed by atoms with van der Waals surface area (Å²) in [6.45, 7) is 1.59. The van der Waals surface area contributed by atoms with Crippen LogP contribution in [0.25, 0.3) is 6.08 Å². The van der Waals surface area contributed by atoms with Crippen molar-refractivity contribution < 1.29 is 19.1 Å². The number of rotatable bonds is 7. The van der Waals surface area contributed by atoms with Crippen molar-refractivity contribution in [3.8, 4) is 5.75 Å². The van der Waals surface area contributed by atoms with Crippen molar-refractivity contribution in [3.05, 3.63) is 107 Å². The molecule has 6 heteroatoms. The number of hydrogen-bond donors (Lipinski definition) is 2. The molecule has 0 saturated heterocycles. The molecule has 0 atom stereocenters. The fourth-order valence-electron chi connectivity index (χ4n) is 2.82. The van der Waals surface area contributed by atoms with E-state index in [4.69, 9.17) is 4.74 Å². The van der Waals surface area contributed by atoms with E-state index in [-0.39, 0.29) is 11.4 Å². The number of para-hydroxylation sites is 1. The summed E-state index contributed by atoms with van der Waals surface area (Å²) in [7, 11) is 0. The van der Waals surface area contributed by atoms with Crippen molar-refractivity contribution in [2.45, 2.75) is 13.5 Å². The molecule has 0 aliphatic rings. The van der Waals surface area contributed by atoms with Gasteiger partial charge < -0.3 is 15.4 Å². The highest BCUT2D eigenvalue weighted by atomic mass is 16.5. The first kappa shape index (κ1) is 21.5. The fourth-order valence-corrected chi connectivity index (χ4v) is 2.82. The van der Waals surface area contributed by atoms with E-state index in [1.165, 1.54) is 13.0 Å². The zero-order chi connectivity index (χ0) is 22.1. The molecule has 2 N–H and O–H groups in total. The van der Waals surface area contributed by atoms with Gasteiger partial charge in [0.05, 0.1) is 0 Å². The van der Waals surface area contributed by atoms with Gasteiger partial charge in [-0.15, -0.1) is 0 Å². The number of carbonyl (C=O) groups is 3. The molecule has 156 valence electrons. The summed E-state index contributed by atoms with van der Waals surface area (Å²) in [5.74, 6) is -1.08. The minimum atomic E-state index is -0.482. The molecule has 2 amide bonds. The van der Waals surface area contributed by atoms with Gasteiger partial charge in [0.15, 0.2) is 0 Å². The Morgan fingerprint density at radius 1 is 0.839 bits per heavy atom. The van der Waals surface area contributed by atoms with Gasteiger partial charge in [-0.05, 0) is 29.8 Å². The number of benzene rings is 3. The Kier molecular flexibility index (Phi) is 7.32. The number of esters is 1. The molecule has 0 aliphatic carbocycles. The van der Waals surface area contributed by atoms with Crippen LogP contribution in [0.1, 0.15) is 28.4 Å². The lowest BCUT2D eigenvalue weighted by Crippen LogP contribution is -2.34. The predicted octanol–water partition coefficient (Wildman–Crippen LogP) is 3.70. The van der Waals surface area contributed by atoms with Crippen molar-refractivity contribution in [2.75, 3.05) is 0 Å². The third kappa shape index (κ3) is 6.40. The van der Waals surface area contributed by atoms with E-state index in [9.17, 15) is 14.4 Å². The Hall–Kier alpha value is -4.19. The molecule has 0 unspecified atom stereocenters. The van der Waals surface area contributed by atoms with Crippen LogP contribution in [0.5, 0.6) is 5.75 Å². The summed E-state index contributed by atoms with van der Waals surface area (Å²) in [4.78, 5) is 37.0. The first-order valence-corrected chi connectivity index (χ1v) is 9.70. The maximum atomic E-state index is 12.9.